The van der Waals surface area contributed by atoms with Crippen LogP contribution in [-0.2, 0) is 17.8 Å². The van der Waals surface area contributed by atoms with E-state index < -0.39 is 0 Å². The number of benzene rings is 1. The van der Waals surface area contributed by atoms with E-state index in [9.17, 15) is 4.39 Å². The van der Waals surface area contributed by atoms with Gasteiger partial charge in [-0.15, -0.1) is 0 Å². The topological polar surface area (TPSA) is 22.1 Å². The van der Waals surface area contributed by atoms with Crippen LogP contribution in [0.3, 0.4) is 0 Å². The van der Waals surface area contributed by atoms with Gasteiger partial charge in [0.05, 0.1) is 6.61 Å². The van der Waals surface area contributed by atoms with Gasteiger partial charge in [0.25, 0.3) is 0 Å². The van der Waals surface area contributed by atoms with Crippen molar-refractivity contribution in [1.29, 1.82) is 0 Å². The zero-order valence-electron chi connectivity index (χ0n) is 10.5. The van der Waals surface area contributed by atoms with Gasteiger partial charge in [-0.3, -0.25) is 4.98 Å². The zero-order chi connectivity index (χ0) is 13.5. The van der Waals surface area contributed by atoms with Crippen molar-refractivity contribution in [2.24, 2.45) is 0 Å². The summed E-state index contributed by atoms with van der Waals surface area (Å²) in [7, 11) is 0. The first-order chi connectivity index (χ1) is 9.25. The van der Waals surface area contributed by atoms with E-state index in [2.05, 4.69) is 20.9 Å². The van der Waals surface area contributed by atoms with Crippen LogP contribution < -0.4 is 0 Å². The number of ether oxygens (including phenoxy) is 1. The molecule has 1 aromatic heterocycles. The van der Waals surface area contributed by atoms with Gasteiger partial charge in [-0.2, -0.15) is 0 Å². The van der Waals surface area contributed by atoms with E-state index in [1.807, 2.05) is 12.1 Å². The molecule has 0 radical (unpaired) electrons. The molecule has 0 N–H and O–H groups in total. The third kappa shape index (κ3) is 4.73. The van der Waals surface area contributed by atoms with Gasteiger partial charge in [0.15, 0.2) is 0 Å². The summed E-state index contributed by atoms with van der Waals surface area (Å²) in [4.78, 5) is 3.98. The summed E-state index contributed by atoms with van der Waals surface area (Å²) in [5.74, 6) is -0.242. The van der Waals surface area contributed by atoms with Crippen molar-refractivity contribution in [1.82, 2.24) is 4.98 Å². The molecule has 1 heterocycles. The fraction of sp³-hybridized carbons (Fsp3) is 0.267. The lowest BCUT2D eigenvalue weighted by Crippen LogP contribution is -1.98. The summed E-state index contributed by atoms with van der Waals surface area (Å²) in [6.07, 6.45) is 5.54. The highest BCUT2D eigenvalue weighted by molar-refractivity contribution is 9.10. The molecule has 0 aliphatic heterocycles. The first kappa shape index (κ1) is 14.2. The summed E-state index contributed by atoms with van der Waals surface area (Å²) >= 11 is 3.33. The van der Waals surface area contributed by atoms with Gasteiger partial charge in [0.1, 0.15) is 5.82 Å². The SMILES string of the molecule is Fc1ccc(COCCCc2ccncc2)c(Br)c1. The zero-order valence-corrected chi connectivity index (χ0v) is 12.1. The largest absolute Gasteiger partial charge is 0.377 e. The number of nitrogens with zero attached hydrogens (tertiary/aromatic N) is 1. The molecule has 19 heavy (non-hydrogen) atoms. The highest BCUT2D eigenvalue weighted by atomic mass is 79.9. The first-order valence-electron chi connectivity index (χ1n) is 6.16. The van der Waals surface area contributed by atoms with Crippen molar-refractivity contribution >= 4 is 15.9 Å². The fourth-order valence-corrected chi connectivity index (χ4v) is 2.21. The Kier molecular flexibility index (Phi) is 5.48. The number of hydrogen-bond acceptors (Lipinski definition) is 2. The van der Waals surface area contributed by atoms with Crippen LogP contribution in [0.25, 0.3) is 0 Å². The number of aryl methyl sites for hydroxylation is 1. The number of aromatic nitrogens is 1. The van der Waals surface area contributed by atoms with Crippen molar-refractivity contribution < 1.29 is 9.13 Å². The summed E-state index contributed by atoms with van der Waals surface area (Å²) in [5.41, 5.74) is 2.23. The molecule has 0 spiro atoms. The lowest BCUT2D eigenvalue weighted by Gasteiger charge is -2.06. The Morgan fingerprint density at radius 3 is 2.68 bits per heavy atom. The van der Waals surface area contributed by atoms with Crippen LogP contribution in [0.1, 0.15) is 17.5 Å². The van der Waals surface area contributed by atoms with Gasteiger partial charge in [-0.1, -0.05) is 22.0 Å². The molecule has 2 rings (SSSR count). The lowest BCUT2D eigenvalue weighted by molar-refractivity contribution is 0.118. The van der Waals surface area contributed by atoms with Crippen molar-refractivity contribution in [3.8, 4) is 0 Å². The minimum atomic E-state index is -0.242. The van der Waals surface area contributed by atoms with E-state index in [4.69, 9.17) is 4.74 Å². The Labute approximate surface area is 120 Å². The van der Waals surface area contributed by atoms with Crippen molar-refractivity contribution in [2.75, 3.05) is 6.61 Å². The number of halogens is 2. The van der Waals surface area contributed by atoms with E-state index in [0.717, 1.165) is 22.9 Å². The first-order valence-corrected chi connectivity index (χ1v) is 6.95. The van der Waals surface area contributed by atoms with Gasteiger partial charge >= 0.3 is 0 Å². The van der Waals surface area contributed by atoms with Crippen molar-refractivity contribution in [3.63, 3.8) is 0 Å². The molecule has 2 nitrogen and oxygen atoms in total. The van der Waals surface area contributed by atoms with Gasteiger partial charge in [-0.25, -0.2) is 4.39 Å². The standard InChI is InChI=1S/C15H15BrFNO/c16-15-10-14(17)4-3-13(15)11-19-9-1-2-12-5-7-18-8-6-12/h3-8,10H,1-2,9,11H2. The highest BCUT2D eigenvalue weighted by Crippen LogP contribution is 2.18. The molecule has 100 valence electrons. The molecule has 0 saturated carbocycles. The summed E-state index contributed by atoms with van der Waals surface area (Å²) in [6.45, 7) is 1.18. The second-order valence-electron chi connectivity index (χ2n) is 4.25. The molecule has 1 aromatic carbocycles. The summed E-state index contributed by atoms with van der Waals surface area (Å²) < 4.78 is 19.2. The Bertz CT molecular complexity index is 519. The predicted octanol–water partition coefficient (Wildman–Crippen LogP) is 4.13. The molecule has 4 heteroatoms. The van der Waals surface area contributed by atoms with E-state index in [0.29, 0.717) is 13.2 Å². The van der Waals surface area contributed by atoms with Crippen LogP contribution in [-0.4, -0.2) is 11.6 Å². The second kappa shape index (κ2) is 7.36. The lowest BCUT2D eigenvalue weighted by atomic mass is 10.1. The molecule has 0 saturated heterocycles. The molecule has 0 amide bonds. The van der Waals surface area contributed by atoms with Gasteiger partial charge in [0.2, 0.25) is 0 Å². The molecular weight excluding hydrogens is 309 g/mol. The predicted molar refractivity (Wildman–Crippen MR) is 76.3 cm³/mol. The minimum Gasteiger partial charge on any atom is -0.377 e. The van der Waals surface area contributed by atoms with Gasteiger partial charge in [0, 0.05) is 23.5 Å². The molecule has 0 aliphatic rings. The Balaban J connectivity index is 1.69. The van der Waals surface area contributed by atoms with Crippen molar-refractivity contribution in [3.05, 3.63) is 64.1 Å². The molecule has 0 unspecified atom stereocenters. The van der Waals surface area contributed by atoms with E-state index in [1.165, 1.54) is 17.7 Å². The average Bonchev–Trinajstić information content (AvgIpc) is 2.42. The molecule has 0 bridgehead atoms. The van der Waals surface area contributed by atoms with Crippen LogP contribution in [0.4, 0.5) is 4.39 Å². The summed E-state index contributed by atoms with van der Waals surface area (Å²) in [5, 5.41) is 0. The maximum absolute atomic E-state index is 12.9. The van der Waals surface area contributed by atoms with Crippen LogP contribution in [0, 0.1) is 5.82 Å². The molecule has 2 aromatic rings. The Morgan fingerprint density at radius 2 is 1.95 bits per heavy atom. The number of pyridine rings is 1. The third-order valence-corrected chi connectivity index (χ3v) is 3.51. The quantitative estimate of drug-likeness (QED) is 0.745. The average molecular weight is 324 g/mol. The smallest absolute Gasteiger partial charge is 0.124 e. The second-order valence-corrected chi connectivity index (χ2v) is 5.10. The van der Waals surface area contributed by atoms with Crippen molar-refractivity contribution in [2.45, 2.75) is 19.4 Å². The molecule has 0 aliphatic carbocycles. The molecular formula is C15H15BrFNO. The van der Waals surface area contributed by atoms with Gasteiger partial charge in [-0.05, 0) is 48.2 Å². The van der Waals surface area contributed by atoms with E-state index in [1.54, 1.807) is 18.5 Å². The van der Waals surface area contributed by atoms with Crippen LogP contribution >= 0.6 is 15.9 Å². The minimum absolute atomic E-state index is 0.242. The maximum Gasteiger partial charge on any atom is 0.124 e. The van der Waals surface area contributed by atoms with E-state index >= 15 is 0 Å². The maximum atomic E-state index is 12.9. The van der Waals surface area contributed by atoms with Crippen LogP contribution in [0.5, 0.6) is 0 Å². The Hall–Kier alpha value is -1.26. The van der Waals surface area contributed by atoms with Gasteiger partial charge < -0.3 is 4.74 Å². The molecule has 0 fully saturated rings. The number of hydrogen-bond donors (Lipinski definition) is 0. The summed E-state index contributed by atoms with van der Waals surface area (Å²) in [6, 6.07) is 8.66. The number of rotatable bonds is 6. The Morgan fingerprint density at radius 1 is 1.16 bits per heavy atom. The third-order valence-electron chi connectivity index (χ3n) is 2.78. The fourth-order valence-electron chi connectivity index (χ4n) is 1.75. The van der Waals surface area contributed by atoms with E-state index in [-0.39, 0.29) is 5.82 Å². The monoisotopic (exact) mass is 323 g/mol. The van der Waals surface area contributed by atoms with Crippen LogP contribution in [0.2, 0.25) is 0 Å². The van der Waals surface area contributed by atoms with Crippen LogP contribution in [0.15, 0.2) is 47.2 Å². The highest BCUT2D eigenvalue weighted by Gasteiger charge is 2.01. The normalized spacial score (nSPS) is 10.6. The molecule has 0 atom stereocenters.